The number of carboxylic acids is 1. The van der Waals surface area contributed by atoms with E-state index in [-0.39, 0.29) is 0 Å². The van der Waals surface area contributed by atoms with Crippen LogP contribution in [0.1, 0.15) is 104 Å². The van der Waals surface area contributed by atoms with Crippen molar-refractivity contribution in [1.29, 1.82) is 0 Å². The van der Waals surface area contributed by atoms with Crippen molar-refractivity contribution in [3.05, 3.63) is 12.2 Å². The maximum absolute atomic E-state index is 9.00. The summed E-state index contributed by atoms with van der Waals surface area (Å²) in [5.41, 5.74) is 0. The predicted molar refractivity (Wildman–Crippen MR) is 120 cm³/mol. The molecule has 166 valence electrons. The van der Waals surface area contributed by atoms with Gasteiger partial charge in [0.05, 0.1) is 13.2 Å². The number of hydrogen-bond donors (Lipinski definition) is 1. The number of carbonyl (C=O) groups is 1. The molecule has 1 N–H and O–H groups in total. The molecule has 4 nitrogen and oxygen atoms in total. The lowest BCUT2D eigenvalue weighted by Gasteiger charge is -2.26. The molecule has 0 unspecified atom stereocenters. The molecule has 0 radical (unpaired) electrons. The van der Waals surface area contributed by atoms with Crippen molar-refractivity contribution in [1.82, 2.24) is 4.90 Å². The fraction of sp³-hybridized carbons (Fsp3) is 0.875. The van der Waals surface area contributed by atoms with E-state index in [0.717, 1.165) is 33.2 Å². The lowest BCUT2D eigenvalue weighted by atomic mass is 10.1. The van der Waals surface area contributed by atoms with Gasteiger partial charge in [-0.1, -0.05) is 76.9 Å². The second-order valence-electron chi connectivity index (χ2n) is 7.91. The highest BCUT2D eigenvalue weighted by atomic mass is 16.5. The lowest BCUT2D eigenvalue weighted by molar-refractivity contribution is -0.134. The molecular formula is C24H47NO3. The van der Waals surface area contributed by atoms with Crippen LogP contribution in [0.25, 0.3) is 0 Å². The van der Waals surface area contributed by atoms with Gasteiger partial charge in [-0.15, -0.1) is 0 Å². The van der Waals surface area contributed by atoms with Gasteiger partial charge < -0.3 is 9.84 Å². The van der Waals surface area contributed by atoms with E-state index >= 15 is 0 Å². The molecule has 0 atom stereocenters. The maximum atomic E-state index is 9.00. The van der Waals surface area contributed by atoms with Crippen molar-refractivity contribution in [2.24, 2.45) is 0 Å². The highest BCUT2D eigenvalue weighted by molar-refractivity contribution is 5.62. The lowest BCUT2D eigenvalue weighted by Crippen LogP contribution is -2.36. The highest BCUT2D eigenvalue weighted by Crippen LogP contribution is 2.10. The third kappa shape index (κ3) is 23.2. The van der Waals surface area contributed by atoms with Gasteiger partial charge in [0.25, 0.3) is 5.97 Å². The first kappa shape index (κ1) is 27.1. The largest absolute Gasteiger partial charge is 0.481 e. The van der Waals surface area contributed by atoms with E-state index in [2.05, 4.69) is 24.0 Å². The van der Waals surface area contributed by atoms with Crippen molar-refractivity contribution >= 4 is 5.97 Å². The number of morpholine rings is 1. The van der Waals surface area contributed by atoms with Crippen LogP contribution in [0.15, 0.2) is 12.2 Å². The second-order valence-corrected chi connectivity index (χ2v) is 7.91. The predicted octanol–water partition coefficient (Wildman–Crippen LogP) is 6.45. The van der Waals surface area contributed by atoms with Crippen LogP contribution >= 0.6 is 0 Å². The Morgan fingerprint density at radius 1 is 0.821 bits per heavy atom. The van der Waals surface area contributed by atoms with Crippen LogP contribution < -0.4 is 0 Å². The molecule has 1 saturated heterocycles. The molecular weight excluding hydrogens is 350 g/mol. The quantitative estimate of drug-likeness (QED) is 0.240. The van der Waals surface area contributed by atoms with Gasteiger partial charge in [0.15, 0.2) is 0 Å². The topological polar surface area (TPSA) is 49.8 Å². The zero-order chi connectivity index (χ0) is 20.7. The number of ether oxygens (including phenoxy) is 1. The van der Waals surface area contributed by atoms with Crippen molar-refractivity contribution < 1.29 is 14.6 Å². The molecule has 1 heterocycles. The first-order valence-corrected chi connectivity index (χ1v) is 11.8. The monoisotopic (exact) mass is 397 g/mol. The Morgan fingerprint density at radius 3 is 1.75 bits per heavy atom. The van der Waals surface area contributed by atoms with Gasteiger partial charge >= 0.3 is 0 Å². The fourth-order valence-corrected chi connectivity index (χ4v) is 3.41. The van der Waals surface area contributed by atoms with Crippen LogP contribution in [-0.2, 0) is 9.53 Å². The second kappa shape index (κ2) is 22.4. The molecule has 0 aromatic rings. The SMILES string of the molecule is CC(=O)O.CCCCCCCC/C=C/CCCCCCCCN1CCOCC1. The van der Waals surface area contributed by atoms with Crippen LogP contribution in [0.3, 0.4) is 0 Å². The Bertz CT molecular complexity index is 348. The van der Waals surface area contributed by atoms with Crippen LogP contribution in [0.2, 0.25) is 0 Å². The summed E-state index contributed by atoms with van der Waals surface area (Å²) in [5, 5.41) is 7.42. The van der Waals surface area contributed by atoms with Crippen LogP contribution in [0.4, 0.5) is 0 Å². The smallest absolute Gasteiger partial charge is 0.300 e. The Hall–Kier alpha value is -0.870. The Labute approximate surface area is 174 Å². The van der Waals surface area contributed by atoms with Gasteiger partial charge in [0.2, 0.25) is 0 Å². The first-order chi connectivity index (χ1) is 13.7. The Morgan fingerprint density at radius 2 is 1.25 bits per heavy atom. The minimum atomic E-state index is -0.833. The van der Waals surface area contributed by atoms with Gasteiger partial charge in [0.1, 0.15) is 0 Å². The molecule has 1 aliphatic rings. The molecule has 0 aromatic heterocycles. The van der Waals surface area contributed by atoms with Crippen LogP contribution in [0, 0.1) is 0 Å². The summed E-state index contributed by atoms with van der Waals surface area (Å²) >= 11 is 0. The number of aliphatic carboxylic acids is 1. The molecule has 28 heavy (non-hydrogen) atoms. The number of carboxylic acid groups (broad SMARTS) is 1. The third-order valence-electron chi connectivity index (χ3n) is 5.09. The normalized spacial score (nSPS) is 14.8. The molecule has 4 heteroatoms. The third-order valence-corrected chi connectivity index (χ3v) is 5.09. The molecule has 1 fully saturated rings. The minimum Gasteiger partial charge on any atom is -0.481 e. The summed E-state index contributed by atoms with van der Waals surface area (Å²) in [7, 11) is 0. The van der Waals surface area contributed by atoms with E-state index in [1.54, 1.807) is 0 Å². The zero-order valence-electron chi connectivity index (χ0n) is 18.8. The van der Waals surface area contributed by atoms with E-state index in [4.69, 9.17) is 14.6 Å². The Balaban J connectivity index is 0.00000165. The van der Waals surface area contributed by atoms with Crippen LogP contribution in [0.5, 0.6) is 0 Å². The summed E-state index contributed by atoms with van der Waals surface area (Å²) in [6, 6.07) is 0. The minimum absolute atomic E-state index is 0.833. The summed E-state index contributed by atoms with van der Waals surface area (Å²) < 4.78 is 5.39. The average molecular weight is 398 g/mol. The number of rotatable bonds is 16. The fourth-order valence-electron chi connectivity index (χ4n) is 3.41. The maximum Gasteiger partial charge on any atom is 0.300 e. The van der Waals surface area contributed by atoms with Crippen molar-refractivity contribution in [3.8, 4) is 0 Å². The van der Waals surface area contributed by atoms with E-state index in [1.807, 2.05) is 0 Å². The molecule has 1 aliphatic heterocycles. The first-order valence-electron chi connectivity index (χ1n) is 11.8. The van der Waals surface area contributed by atoms with Crippen molar-refractivity contribution in [2.75, 3.05) is 32.8 Å². The summed E-state index contributed by atoms with van der Waals surface area (Å²) in [5.74, 6) is -0.833. The van der Waals surface area contributed by atoms with Gasteiger partial charge in [-0.2, -0.15) is 0 Å². The van der Waals surface area contributed by atoms with E-state index in [0.29, 0.717) is 0 Å². The number of unbranched alkanes of at least 4 members (excludes halogenated alkanes) is 12. The van der Waals surface area contributed by atoms with E-state index in [9.17, 15) is 0 Å². The molecule has 0 spiro atoms. The number of allylic oxidation sites excluding steroid dienone is 2. The number of hydrogen-bond acceptors (Lipinski definition) is 3. The highest BCUT2D eigenvalue weighted by Gasteiger charge is 2.08. The average Bonchev–Trinajstić information content (AvgIpc) is 2.68. The van der Waals surface area contributed by atoms with Gasteiger partial charge in [-0.3, -0.25) is 9.69 Å². The van der Waals surface area contributed by atoms with Gasteiger partial charge in [-0.25, -0.2) is 0 Å². The molecule has 0 amide bonds. The summed E-state index contributed by atoms with van der Waals surface area (Å²) in [6.07, 6.45) is 24.3. The molecule has 0 aliphatic carbocycles. The van der Waals surface area contributed by atoms with Crippen molar-refractivity contribution in [3.63, 3.8) is 0 Å². The molecule has 0 bridgehead atoms. The summed E-state index contributed by atoms with van der Waals surface area (Å²) in [6.45, 7) is 8.81. The van der Waals surface area contributed by atoms with E-state index < -0.39 is 5.97 Å². The Kier molecular flexibility index (Phi) is 21.7. The summed E-state index contributed by atoms with van der Waals surface area (Å²) in [4.78, 5) is 11.6. The van der Waals surface area contributed by atoms with Gasteiger partial charge in [0, 0.05) is 20.0 Å². The molecule has 1 rings (SSSR count). The number of nitrogens with zero attached hydrogens (tertiary/aromatic N) is 1. The van der Waals surface area contributed by atoms with Crippen LogP contribution in [-0.4, -0.2) is 48.8 Å². The van der Waals surface area contributed by atoms with E-state index in [1.165, 1.54) is 96.4 Å². The van der Waals surface area contributed by atoms with Gasteiger partial charge in [-0.05, 0) is 38.6 Å². The molecule has 0 saturated carbocycles. The molecule has 0 aromatic carbocycles. The standard InChI is InChI=1S/C22H43NO.C2H4O2/c1-2-3-4-5-6-7-8-9-10-11-12-13-14-15-16-17-18-23-19-21-24-22-20-23;1-2(3)4/h9-10H,2-8,11-22H2,1H3;1H3,(H,3,4)/b10-9+;. The zero-order valence-corrected chi connectivity index (χ0v) is 18.8. The van der Waals surface area contributed by atoms with Crippen molar-refractivity contribution in [2.45, 2.75) is 104 Å².